The van der Waals surface area contributed by atoms with E-state index in [1.54, 1.807) is 6.08 Å². The van der Waals surface area contributed by atoms with E-state index in [0.717, 1.165) is 35.8 Å². The Bertz CT molecular complexity index is 1050. The number of benzene rings is 1. The summed E-state index contributed by atoms with van der Waals surface area (Å²) in [5.41, 5.74) is 2.12. The summed E-state index contributed by atoms with van der Waals surface area (Å²) < 4.78 is 28.0. The molecule has 0 aliphatic carbocycles. The van der Waals surface area contributed by atoms with E-state index in [0.29, 0.717) is 19.0 Å². The van der Waals surface area contributed by atoms with Gasteiger partial charge in [0.15, 0.2) is 9.84 Å². The third kappa shape index (κ3) is 5.66. The van der Waals surface area contributed by atoms with Crippen molar-refractivity contribution in [2.45, 2.75) is 51.0 Å². The van der Waals surface area contributed by atoms with Crippen LogP contribution in [0.1, 0.15) is 55.1 Å². The fraction of sp³-hybridized carbons (Fsp3) is 0.478. The predicted molar refractivity (Wildman–Crippen MR) is 125 cm³/mol. The molecular formula is C23H28BrN3O3S. The molecule has 0 saturated carbocycles. The number of amides is 1. The molecule has 2 aliphatic rings. The number of imidazole rings is 1. The monoisotopic (exact) mass is 505 g/mol. The molecule has 0 radical (unpaired) electrons. The molecule has 2 aromatic rings. The first-order chi connectivity index (χ1) is 14.9. The van der Waals surface area contributed by atoms with Gasteiger partial charge in [-0.05, 0) is 49.5 Å². The van der Waals surface area contributed by atoms with Gasteiger partial charge < -0.3 is 9.47 Å². The Balaban J connectivity index is 1.27. The molecule has 1 aromatic carbocycles. The summed E-state index contributed by atoms with van der Waals surface area (Å²) in [4.78, 5) is 19.0. The van der Waals surface area contributed by atoms with Crippen LogP contribution in [-0.2, 0) is 27.6 Å². The molecule has 31 heavy (non-hydrogen) atoms. The molecule has 166 valence electrons. The molecule has 0 unspecified atom stereocenters. The number of aryl methyl sites for hydroxylation is 1. The van der Waals surface area contributed by atoms with E-state index < -0.39 is 9.84 Å². The molecule has 1 fully saturated rings. The Morgan fingerprint density at radius 1 is 1.13 bits per heavy atom. The first kappa shape index (κ1) is 22.3. The molecule has 6 nitrogen and oxygen atoms in total. The Morgan fingerprint density at radius 3 is 2.61 bits per heavy atom. The van der Waals surface area contributed by atoms with Crippen molar-refractivity contribution in [1.29, 1.82) is 0 Å². The van der Waals surface area contributed by atoms with E-state index in [1.165, 1.54) is 29.8 Å². The Kier molecular flexibility index (Phi) is 6.96. The lowest BCUT2D eigenvalue weighted by molar-refractivity contribution is -0.131. The van der Waals surface area contributed by atoms with Gasteiger partial charge in [-0.3, -0.25) is 4.79 Å². The third-order valence-corrected chi connectivity index (χ3v) is 8.06. The molecule has 2 aliphatic heterocycles. The summed E-state index contributed by atoms with van der Waals surface area (Å²) in [6.45, 7) is 2.41. The van der Waals surface area contributed by atoms with Gasteiger partial charge in [-0.15, -0.1) is 0 Å². The lowest BCUT2D eigenvalue weighted by Crippen LogP contribution is -2.39. The number of nitrogens with zero attached hydrogens (tertiary/aromatic N) is 3. The van der Waals surface area contributed by atoms with Gasteiger partial charge >= 0.3 is 0 Å². The van der Waals surface area contributed by atoms with Gasteiger partial charge in [0, 0.05) is 60.2 Å². The van der Waals surface area contributed by atoms with Gasteiger partial charge in [0.25, 0.3) is 0 Å². The molecule has 8 heteroatoms. The van der Waals surface area contributed by atoms with Gasteiger partial charge in [-0.25, -0.2) is 13.4 Å². The van der Waals surface area contributed by atoms with Crippen LogP contribution in [0.4, 0.5) is 0 Å². The van der Waals surface area contributed by atoms with Crippen molar-refractivity contribution in [3.05, 3.63) is 57.4 Å². The number of aromatic nitrogens is 2. The number of likely N-dealkylation sites (tertiary alicyclic amines) is 1. The fourth-order valence-electron chi connectivity index (χ4n) is 4.40. The van der Waals surface area contributed by atoms with Crippen molar-refractivity contribution in [2.75, 3.05) is 18.8 Å². The number of carbonyl (C=O) groups is 1. The number of hydrogen-bond donors (Lipinski definition) is 0. The van der Waals surface area contributed by atoms with Gasteiger partial charge in [-0.1, -0.05) is 28.1 Å². The maximum atomic E-state index is 12.6. The van der Waals surface area contributed by atoms with E-state index in [-0.39, 0.29) is 18.1 Å². The molecule has 4 rings (SSSR count). The third-order valence-electron chi connectivity index (χ3n) is 6.21. The minimum Gasteiger partial charge on any atom is -0.343 e. The Labute approximate surface area is 192 Å². The van der Waals surface area contributed by atoms with Crippen molar-refractivity contribution in [1.82, 2.24) is 14.5 Å². The Morgan fingerprint density at radius 2 is 1.87 bits per heavy atom. The van der Waals surface area contributed by atoms with Crippen LogP contribution < -0.4 is 0 Å². The first-order valence-electron chi connectivity index (χ1n) is 10.9. The molecular weight excluding hydrogens is 478 g/mol. The van der Waals surface area contributed by atoms with Crippen molar-refractivity contribution in [2.24, 2.45) is 0 Å². The molecule has 0 N–H and O–H groups in total. The van der Waals surface area contributed by atoms with Crippen molar-refractivity contribution < 1.29 is 13.2 Å². The lowest BCUT2D eigenvalue weighted by atomic mass is 9.93. The second-order valence-corrected chi connectivity index (χ2v) is 11.3. The second kappa shape index (κ2) is 9.69. The SMILES string of the molecule is O=C(CCS(=O)(=O)/C=C/c1ccc(Br)cc1)N1CCC(c2cnc3n2CCCC3)CC1. The van der Waals surface area contributed by atoms with Crippen LogP contribution in [0.15, 0.2) is 40.3 Å². The zero-order chi connectivity index (χ0) is 21.8. The largest absolute Gasteiger partial charge is 0.343 e. The first-order valence-corrected chi connectivity index (χ1v) is 13.4. The maximum absolute atomic E-state index is 12.6. The van der Waals surface area contributed by atoms with Crippen LogP contribution in [0.5, 0.6) is 0 Å². The van der Waals surface area contributed by atoms with Crippen LogP contribution in [0.25, 0.3) is 6.08 Å². The molecule has 1 saturated heterocycles. The van der Waals surface area contributed by atoms with Gasteiger partial charge in [0.1, 0.15) is 5.82 Å². The minimum atomic E-state index is -3.43. The Hall–Kier alpha value is -1.93. The summed E-state index contributed by atoms with van der Waals surface area (Å²) in [5, 5.41) is 1.21. The number of fused-ring (bicyclic) bond motifs is 1. The fourth-order valence-corrected chi connectivity index (χ4v) is 5.63. The average molecular weight is 506 g/mol. The molecule has 0 spiro atoms. The van der Waals surface area contributed by atoms with E-state index >= 15 is 0 Å². The average Bonchev–Trinajstić information content (AvgIpc) is 3.21. The van der Waals surface area contributed by atoms with E-state index in [2.05, 4.69) is 25.5 Å². The van der Waals surface area contributed by atoms with Crippen LogP contribution in [0.2, 0.25) is 0 Å². The highest BCUT2D eigenvalue weighted by Crippen LogP contribution is 2.30. The summed E-state index contributed by atoms with van der Waals surface area (Å²) in [6, 6.07) is 7.39. The summed E-state index contributed by atoms with van der Waals surface area (Å²) >= 11 is 3.36. The number of halogens is 1. The zero-order valence-corrected chi connectivity index (χ0v) is 19.9. The van der Waals surface area contributed by atoms with Gasteiger partial charge in [0.05, 0.1) is 5.75 Å². The minimum absolute atomic E-state index is 0.0275. The highest BCUT2D eigenvalue weighted by Gasteiger charge is 2.27. The van der Waals surface area contributed by atoms with E-state index in [9.17, 15) is 13.2 Å². The number of hydrogen-bond acceptors (Lipinski definition) is 4. The molecule has 3 heterocycles. The maximum Gasteiger partial charge on any atom is 0.223 e. The van der Waals surface area contributed by atoms with Crippen molar-refractivity contribution in [3.8, 4) is 0 Å². The van der Waals surface area contributed by atoms with Gasteiger partial charge in [0.2, 0.25) is 5.91 Å². The number of rotatable bonds is 6. The number of piperidine rings is 1. The van der Waals surface area contributed by atoms with Gasteiger partial charge in [-0.2, -0.15) is 0 Å². The molecule has 0 atom stereocenters. The normalized spacial score (nSPS) is 17.8. The van der Waals surface area contributed by atoms with Crippen LogP contribution in [0, 0.1) is 0 Å². The number of carbonyl (C=O) groups excluding carboxylic acids is 1. The zero-order valence-electron chi connectivity index (χ0n) is 17.5. The van der Waals surface area contributed by atoms with E-state index in [4.69, 9.17) is 0 Å². The predicted octanol–water partition coefficient (Wildman–Crippen LogP) is 4.16. The molecule has 1 amide bonds. The van der Waals surface area contributed by atoms with E-state index in [1.807, 2.05) is 35.4 Å². The molecule has 1 aromatic heterocycles. The number of sulfone groups is 1. The van der Waals surface area contributed by atoms with Crippen molar-refractivity contribution >= 4 is 37.8 Å². The van der Waals surface area contributed by atoms with Crippen molar-refractivity contribution in [3.63, 3.8) is 0 Å². The summed E-state index contributed by atoms with van der Waals surface area (Å²) in [5.74, 6) is 1.39. The summed E-state index contributed by atoms with van der Waals surface area (Å²) in [7, 11) is -3.43. The highest BCUT2D eigenvalue weighted by molar-refractivity contribution is 9.10. The van der Waals surface area contributed by atoms with Crippen LogP contribution >= 0.6 is 15.9 Å². The topological polar surface area (TPSA) is 72.3 Å². The second-order valence-electron chi connectivity index (χ2n) is 8.33. The lowest BCUT2D eigenvalue weighted by Gasteiger charge is -2.33. The summed E-state index contributed by atoms with van der Waals surface area (Å²) in [6.07, 6.45) is 8.92. The smallest absolute Gasteiger partial charge is 0.223 e. The highest BCUT2D eigenvalue weighted by atomic mass is 79.9. The van der Waals surface area contributed by atoms with Crippen LogP contribution in [0.3, 0.4) is 0 Å². The standard InChI is InChI=1S/C23H28BrN3O3S/c24-20-6-4-18(5-7-20)10-15-31(29,30)16-11-23(28)26-13-8-19(9-14-26)21-17-25-22-3-1-2-12-27(21)22/h4-7,10,15,17,19H,1-3,8-9,11-14,16H2/b15-10+. The molecule has 0 bridgehead atoms. The quantitative estimate of drug-likeness (QED) is 0.590. The van der Waals surface area contributed by atoms with Crippen LogP contribution in [-0.4, -0.2) is 47.6 Å².